The first kappa shape index (κ1) is 20.0. The van der Waals surface area contributed by atoms with Crippen LogP contribution in [0.3, 0.4) is 0 Å². The van der Waals surface area contributed by atoms with E-state index in [0.29, 0.717) is 18.9 Å². The number of amides is 2. The second kappa shape index (κ2) is 8.59. The van der Waals surface area contributed by atoms with Gasteiger partial charge >= 0.3 is 12.0 Å². The number of carbonyl (C=O) groups excluding carboxylic acids is 2. The summed E-state index contributed by atoms with van der Waals surface area (Å²) in [4.78, 5) is 33.3. The molecule has 7 heteroatoms. The zero-order chi connectivity index (χ0) is 21.1. The minimum atomic E-state index is -0.803. The summed E-state index contributed by atoms with van der Waals surface area (Å²) < 4.78 is 10.9. The Labute approximate surface area is 175 Å². The van der Waals surface area contributed by atoms with Crippen molar-refractivity contribution in [2.24, 2.45) is 0 Å². The highest BCUT2D eigenvalue weighted by Gasteiger charge is 2.51. The van der Waals surface area contributed by atoms with Crippen LogP contribution >= 0.6 is 0 Å². The average molecular weight is 408 g/mol. The van der Waals surface area contributed by atoms with Gasteiger partial charge in [0.05, 0.1) is 13.2 Å². The third kappa shape index (κ3) is 3.64. The highest BCUT2D eigenvalue weighted by Crippen LogP contribution is 2.45. The highest BCUT2D eigenvalue weighted by atomic mass is 16.7. The fraction of sp³-hybridized carbons (Fsp3) is 0.304. The molecule has 2 aromatic rings. The lowest BCUT2D eigenvalue weighted by Gasteiger charge is -2.31. The molecule has 2 aliphatic heterocycles. The van der Waals surface area contributed by atoms with Gasteiger partial charge in [0.25, 0.3) is 0 Å². The van der Waals surface area contributed by atoms with E-state index in [1.54, 1.807) is 19.1 Å². The Morgan fingerprint density at radius 3 is 2.73 bits per heavy atom. The fourth-order valence-corrected chi connectivity index (χ4v) is 3.88. The number of rotatable bonds is 8. The van der Waals surface area contributed by atoms with Gasteiger partial charge in [-0.15, -0.1) is 0 Å². The summed E-state index contributed by atoms with van der Waals surface area (Å²) in [5.74, 6) is 0.197. The molecule has 0 radical (unpaired) electrons. The first-order valence-electron chi connectivity index (χ1n) is 9.95. The molecule has 0 saturated carbocycles. The molecule has 0 aromatic heterocycles. The van der Waals surface area contributed by atoms with Crippen molar-refractivity contribution in [1.29, 1.82) is 0 Å². The summed E-state index contributed by atoms with van der Waals surface area (Å²) in [6.45, 7) is 6.62. The topological polar surface area (TPSA) is 68.3 Å². The molecule has 0 spiro atoms. The first-order chi connectivity index (χ1) is 14.6. The summed E-state index contributed by atoms with van der Waals surface area (Å²) >= 11 is 0. The number of hydrogen-bond donors (Lipinski definition) is 0. The average Bonchev–Trinajstić information content (AvgIpc) is 3.04. The Bertz CT molecular complexity index is 946. The highest BCUT2D eigenvalue weighted by molar-refractivity contribution is 5.88. The second-order valence-electron chi connectivity index (χ2n) is 7.08. The quantitative estimate of drug-likeness (QED) is 0.491. The lowest BCUT2D eigenvalue weighted by atomic mass is 9.91. The number of urea groups is 1. The molecule has 0 unspecified atom stereocenters. The van der Waals surface area contributed by atoms with E-state index < -0.39 is 12.0 Å². The van der Waals surface area contributed by atoms with Crippen molar-refractivity contribution in [2.75, 3.05) is 19.8 Å². The van der Waals surface area contributed by atoms with Gasteiger partial charge in [0, 0.05) is 0 Å². The maximum Gasteiger partial charge on any atom is 0.345 e. The normalized spacial score (nSPS) is 19.4. The predicted molar refractivity (Wildman–Crippen MR) is 109 cm³/mol. The minimum Gasteiger partial charge on any atom is -0.490 e. The third-order valence-electron chi connectivity index (χ3n) is 5.20. The van der Waals surface area contributed by atoms with Crippen LogP contribution in [0.15, 0.2) is 61.2 Å². The van der Waals surface area contributed by atoms with Gasteiger partial charge in [0.1, 0.15) is 25.0 Å². The van der Waals surface area contributed by atoms with Gasteiger partial charge in [-0.2, -0.15) is 5.06 Å². The molecule has 2 bridgehead atoms. The number of carbonyl (C=O) groups is 2. The predicted octanol–water partition coefficient (Wildman–Crippen LogP) is 3.78. The monoisotopic (exact) mass is 408 g/mol. The van der Waals surface area contributed by atoms with E-state index in [9.17, 15) is 9.59 Å². The van der Waals surface area contributed by atoms with Gasteiger partial charge in [-0.25, -0.2) is 9.59 Å². The maximum atomic E-state index is 13.1. The molecular weight excluding hydrogens is 384 g/mol. The first-order valence-corrected chi connectivity index (χ1v) is 9.95. The van der Waals surface area contributed by atoms with Crippen molar-refractivity contribution >= 4 is 12.0 Å². The summed E-state index contributed by atoms with van der Waals surface area (Å²) in [5, 5.41) is 1.36. The standard InChI is InChI=1S/C23H24N2O5/c1-3-12-29-17-10-11-18-19(13-17)20-14-24(21(18)22(26)28-4-2)23(27)25(20)30-15-16-8-6-5-7-9-16/h3,5-11,13,20-21H,1,4,12,14-15H2,2H3/t20-,21-/m1/s1. The van der Waals surface area contributed by atoms with E-state index in [2.05, 4.69) is 6.58 Å². The summed E-state index contributed by atoms with van der Waals surface area (Å²) in [6.07, 6.45) is 1.66. The minimum absolute atomic E-state index is 0.241. The smallest absolute Gasteiger partial charge is 0.345 e. The van der Waals surface area contributed by atoms with Crippen LogP contribution in [0.25, 0.3) is 0 Å². The zero-order valence-corrected chi connectivity index (χ0v) is 16.8. The molecule has 0 aliphatic carbocycles. The van der Waals surface area contributed by atoms with Crippen LogP contribution < -0.4 is 4.74 Å². The third-order valence-corrected chi connectivity index (χ3v) is 5.20. The van der Waals surface area contributed by atoms with Crippen molar-refractivity contribution in [1.82, 2.24) is 9.96 Å². The number of hydrogen-bond acceptors (Lipinski definition) is 5. The Morgan fingerprint density at radius 1 is 1.20 bits per heavy atom. The van der Waals surface area contributed by atoms with Crippen LogP contribution in [0.2, 0.25) is 0 Å². The SMILES string of the molecule is C=CCOc1ccc2c(c1)[C@H]1CN(C(=O)N1OCc1ccccc1)[C@H]2C(=O)OCC. The number of benzene rings is 2. The molecule has 0 N–H and O–H groups in total. The lowest BCUT2D eigenvalue weighted by Crippen LogP contribution is -2.39. The van der Waals surface area contributed by atoms with Gasteiger partial charge in [0.2, 0.25) is 0 Å². The van der Waals surface area contributed by atoms with Crippen LogP contribution in [-0.4, -0.2) is 41.7 Å². The van der Waals surface area contributed by atoms with Crippen LogP contribution in [-0.2, 0) is 21.0 Å². The number of hydroxylamine groups is 2. The molecule has 7 nitrogen and oxygen atoms in total. The Morgan fingerprint density at radius 2 is 2.00 bits per heavy atom. The van der Waals surface area contributed by atoms with Crippen LogP contribution in [0.4, 0.5) is 4.79 Å². The lowest BCUT2D eigenvalue weighted by molar-refractivity contribution is -0.149. The van der Waals surface area contributed by atoms with E-state index in [-0.39, 0.29) is 25.3 Å². The number of ether oxygens (including phenoxy) is 2. The maximum absolute atomic E-state index is 13.1. The molecule has 2 aromatic carbocycles. The van der Waals surface area contributed by atoms with Gasteiger partial charge in [-0.3, -0.25) is 4.84 Å². The summed E-state index contributed by atoms with van der Waals surface area (Å²) in [5.41, 5.74) is 2.51. The van der Waals surface area contributed by atoms with Crippen LogP contribution in [0.1, 0.15) is 35.7 Å². The Balaban J connectivity index is 1.67. The largest absolute Gasteiger partial charge is 0.490 e. The summed E-state index contributed by atoms with van der Waals surface area (Å²) in [7, 11) is 0. The number of fused-ring (bicyclic) bond motifs is 4. The van der Waals surface area contributed by atoms with Crippen LogP contribution in [0.5, 0.6) is 5.75 Å². The number of nitrogens with zero attached hydrogens (tertiary/aromatic N) is 2. The van der Waals surface area contributed by atoms with Gasteiger partial charge in [-0.1, -0.05) is 49.1 Å². The van der Waals surface area contributed by atoms with Crippen molar-refractivity contribution in [2.45, 2.75) is 25.6 Å². The zero-order valence-electron chi connectivity index (χ0n) is 16.8. The molecule has 156 valence electrons. The van der Waals surface area contributed by atoms with E-state index in [0.717, 1.165) is 16.7 Å². The molecule has 30 heavy (non-hydrogen) atoms. The molecule has 2 heterocycles. The van der Waals surface area contributed by atoms with Crippen molar-refractivity contribution in [3.8, 4) is 5.75 Å². The molecule has 2 atom stereocenters. The van der Waals surface area contributed by atoms with Crippen molar-refractivity contribution in [3.63, 3.8) is 0 Å². The van der Waals surface area contributed by atoms with E-state index >= 15 is 0 Å². The molecule has 1 fully saturated rings. The second-order valence-corrected chi connectivity index (χ2v) is 7.08. The fourth-order valence-electron chi connectivity index (χ4n) is 3.88. The van der Waals surface area contributed by atoms with E-state index in [1.165, 1.54) is 9.96 Å². The van der Waals surface area contributed by atoms with Gasteiger partial charge in [0.15, 0.2) is 6.04 Å². The molecule has 1 saturated heterocycles. The molecule has 2 amide bonds. The number of esters is 1. The molecule has 4 rings (SSSR count). The Hall–Kier alpha value is -3.32. The Kier molecular flexibility index (Phi) is 5.72. The van der Waals surface area contributed by atoms with Crippen molar-refractivity contribution < 1.29 is 23.9 Å². The van der Waals surface area contributed by atoms with Crippen molar-refractivity contribution in [3.05, 3.63) is 77.9 Å². The molecular formula is C23H24N2O5. The van der Waals surface area contributed by atoms with E-state index in [4.69, 9.17) is 14.3 Å². The van der Waals surface area contributed by atoms with E-state index in [1.807, 2.05) is 42.5 Å². The van der Waals surface area contributed by atoms with Gasteiger partial charge < -0.3 is 14.4 Å². The summed E-state index contributed by atoms with van der Waals surface area (Å²) in [6, 6.07) is 13.6. The van der Waals surface area contributed by atoms with Crippen LogP contribution in [0, 0.1) is 0 Å². The molecule has 2 aliphatic rings. The van der Waals surface area contributed by atoms with Gasteiger partial charge in [-0.05, 0) is 35.7 Å².